The van der Waals surface area contributed by atoms with Gasteiger partial charge in [0.1, 0.15) is 0 Å². The van der Waals surface area contributed by atoms with Crippen LogP contribution in [-0.2, 0) is 6.54 Å². The molecule has 7 heteroatoms. The summed E-state index contributed by atoms with van der Waals surface area (Å²) >= 11 is 0. The zero-order valence-electron chi connectivity index (χ0n) is 16.4. The van der Waals surface area contributed by atoms with Gasteiger partial charge in [-0.3, -0.25) is 0 Å². The van der Waals surface area contributed by atoms with E-state index in [1.54, 1.807) is 13.3 Å². The predicted molar refractivity (Wildman–Crippen MR) is 108 cm³/mol. The van der Waals surface area contributed by atoms with E-state index in [1.807, 2.05) is 51.1 Å². The fourth-order valence-corrected chi connectivity index (χ4v) is 2.44. The number of pyridine rings is 1. The first-order valence-corrected chi connectivity index (χ1v) is 9.14. The summed E-state index contributed by atoms with van der Waals surface area (Å²) in [4.78, 5) is 8.91. The summed E-state index contributed by atoms with van der Waals surface area (Å²) in [7, 11) is 1.63. The van der Waals surface area contributed by atoms with Crippen molar-refractivity contribution in [3.05, 3.63) is 42.1 Å². The van der Waals surface area contributed by atoms with Crippen LogP contribution in [0.4, 0.5) is 5.69 Å². The largest absolute Gasteiger partial charge is 0.493 e. The summed E-state index contributed by atoms with van der Waals surface area (Å²) in [5.74, 6) is 2.66. The lowest BCUT2D eigenvalue weighted by atomic mass is 10.2. The molecule has 27 heavy (non-hydrogen) atoms. The third kappa shape index (κ3) is 6.06. The van der Waals surface area contributed by atoms with Crippen LogP contribution in [0.3, 0.4) is 0 Å². The highest BCUT2D eigenvalue weighted by Gasteiger charge is 2.08. The molecule has 1 heterocycles. The Hall–Kier alpha value is -2.96. The summed E-state index contributed by atoms with van der Waals surface area (Å²) in [6.45, 7) is 8.22. The number of nitrogens with zero attached hydrogens (tertiary/aromatic N) is 2. The number of hydrogen-bond acceptors (Lipinski definition) is 5. The molecule has 2 aromatic rings. The van der Waals surface area contributed by atoms with Gasteiger partial charge in [-0.1, -0.05) is 6.07 Å². The number of hydrogen-bond donors (Lipinski definition) is 2. The third-order valence-electron chi connectivity index (χ3n) is 3.61. The smallest absolute Gasteiger partial charge is 0.218 e. The first-order chi connectivity index (χ1) is 13.2. The average Bonchev–Trinajstić information content (AvgIpc) is 2.68. The lowest BCUT2D eigenvalue weighted by molar-refractivity contribution is 0.311. The molecule has 2 rings (SSSR count). The van der Waals surface area contributed by atoms with Gasteiger partial charge in [0, 0.05) is 30.1 Å². The van der Waals surface area contributed by atoms with Crippen LogP contribution in [0.2, 0.25) is 0 Å². The SMILES string of the molecule is CCNC(=NCc1cccnc1OCC)Nc1ccc(OC)c(OCC)c1. The fourth-order valence-electron chi connectivity index (χ4n) is 2.44. The predicted octanol–water partition coefficient (Wildman–Crippen LogP) is 3.47. The molecule has 7 nitrogen and oxygen atoms in total. The fraction of sp³-hybridized carbons (Fsp3) is 0.400. The van der Waals surface area contributed by atoms with E-state index in [0.717, 1.165) is 17.8 Å². The molecule has 0 saturated carbocycles. The van der Waals surface area contributed by atoms with Gasteiger partial charge in [0.05, 0.1) is 26.9 Å². The minimum atomic E-state index is 0.451. The van der Waals surface area contributed by atoms with Gasteiger partial charge in [0.2, 0.25) is 5.88 Å². The maximum Gasteiger partial charge on any atom is 0.218 e. The Bertz CT molecular complexity index is 750. The van der Waals surface area contributed by atoms with E-state index in [2.05, 4.69) is 20.6 Å². The molecule has 0 radical (unpaired) electrons. The van der Waals surface area contributed by atoms with Crippen LogP contribution in [0.15, 0.2) is 41.5 Å². The molecule has 0 fully saturated rings. The topological polar surface area (TPSA) is 77.0 Å². The van der Waals surface area contributed by atoms with Crippen molar-refractivity contribution < 1.29 is 14.2 Å². The van der Waals surface area contributed by atoms with Gasteiger partial charge in [0.15, 0.2) is 17.5 Å². The normalized spacial score (nSPS) is 11.0. The number of aromatic nitrogens is 1. The van der Waals surface area contributed by atoms with Crippen molar-refractivity contribution in [2.45, 2.75) is 27.3 Å². The number of benzene rings is 1. The van der Waals surface area contributed by atoms with Crippen LogP contribution in [0, 0.1) is 0 Å². The maximum absolute atomic E-state index is 5.63. The molecule has 0 amide bonds. The van der Waals surface area contributed by atoms with Crippen molar-refractivity contribution in [3.8, 4) is 17.4 Å². The summed E-state index contributed by atoms with van der Waals surface area (Å²) in [6, 6.07) is 9.52. The summed E-state index contributed by atoms with van der Waals surface area (Å²) in [5, 5.41) is 6.53. The molecular formula is C20H28N4O3. The second-order valence-corrected chi connectivity index (χ2v) is 5.52. The van der Waals surface area contributed by atoms with E-state index in [1.165, 1.54) is 0 Å². The summed E-state index contributed by atoms with van der Waals surface area (Å²) < 4.78 is 16.5. The molecule has 146 valence electrons. The van der Waals surface area contributed by atoms with Crippen molar-refractivity contribution >= 4 is 11.6 Å². The monoisotopic (exact) mass is 372 g/mol. The average molecular weight is 372 g/mol. The van der Waals surface area contributed by atoms with E-state index in [9.17, 15) is 0 Å². The van der Waals surface area contributed by atoms with E-state index >= 15 is 0 Å². The van der Waals surface area contributed by atoms with E-state index in [0.29, 0.717) is 43.1 Å². The van der Waals surface area contributed by atoms with E-state index in [4.69, 9.17) is 14.2 Å². The number of aliphatic imine (C=N–C) groups is 1. The Balaban J connectivity index is 2.18. The molecule has 0 saturated heterocycles. The van der Waals surface area contributed by atoms with Gasteiger partial charge in [-0.2, -0.15) is 0 Å². The van der Waals surface area contributed by atoms with Crippen molar-refractivity contribution in [1.29, 1.82) is 0 Å². The zero-order valence-corrected chi connectivity index (χ0v) is 16.4. The lowest BCUT2D eigenvalue weighted by Crippen LogP contribution is -2.30. The Morgan fingerprint density at radius 3 is 2.59 bits per heavy atom. The van der Waals surface area contributed by atoms with Crippen molar-refractivity contribution in [1.82, 2.24) is 10.3 Å². The molecule has 0 aliphatic rings. The Kier molecular flexibility index (Phi) is 8.22. The van der Waals surface area contributed by atoms with Crippen molar-refractivity contribution in [3.63, 3.8) is 0 Å². The van der Waals surface area contributed by atoms with Crippen LogP contribution in [0.5, 0.6) is 17.4 Å². The molecule has 0 bridgehead atoms. The molecule has 2 N–H and O–H groups in total. The van der Waals surface area contributed by atoms with Gasteiger partial charge < -0.3 is 24.8 Å². The van der Waals surface area contributed by atoms with Gasteiger partial charge in [-0.25, -0.2) is 9.98 Å². The number of methoxy groups -OCH3 is 1. The number of ether oxygens (including phenoxy) is 3. The van der Waals surface area contributed by atoms with Gasteiger partial charge in [0.25, 0.3) is 0 Å². The van der Waals surface area contributed by atoms with E-state index < -0.39 is 0 Å². The molecule has 0 atom stereocenters. The maximum atomic E-state index is 5.63. The second-order valence-electron chi connectivity index (χ2n) is 5.52. The molecule has 0 aliphatic heterocycles. The van der Waals surface area contributed by atoms with Crippen molar-refractivity contribution in [2.75, 3.05) is 32.2 Å². The van der Waals surface area contributed by atoms with Gasteiger partial charge in [-0.15, -0.1) is 0 Å². The first kappa shape index (κ1) is 20.4. The highest BCUT2D eigenvalue weighted by atomic mass is 16.5. The minimum Gasteiger partial charge on any atom is -0.493 e. The molecule has 1 aromatic carbocycles. The molecule has 1 aromatic heterocycles. The van der Waals surface area contributed by atoms with Gasteiger partial charge >= 0.3 is 0 Å². The Morgan fingerprint density at radius 1 is 1.07 bits per heavy atom. The third-order valence-corrected chi connectivity index (χ3v) is 3.61. The summed E-state index contributed by atoms with van der Waals surface area (Å²) in [5.41, 5.74) is 1.79. The summed E-state index contributed by atoms with van der Waals surface area (Å²) in [6.07, 6.45) is 1.72. The molecular weight excluding hydrogens is 344 g/mol. The zero-order chi connectivity index (χ0) is 19.5. The van der Waals surface area contributed by atoms with Crippen LogP contribution in [-0.4, -0.2) is 37.8 Å². The molecule has 0 unspecified atom stereocenters. The van der Waals surface area contributed by atoms with Crippen LogP contribution in [0.25, 0.3) is 0 Å². The number of guanidine groups is 1. The standard InChI is InChI=1S/C20H28N4O3/c1-5-21-20(23-14-15-9-8-12-22-19(15)27-7-3)24-16-10-11-17(25-4)18(13-16)26-6-2/h8-13H,5-7,14H2,1-4H3,(H2,21,23,24). The highest BCUT2D eigenvalue weighted by molar-refractivity contribution is 5.93. The van der Waals surface area contributed by atoms with Gasteiger partial charge in [-0.05, 0) is 39.0 Å². The number of rotatable bonds is 9. The highest BCUT2D eigenvalue weighted by Crippen LogP contribution is 2.30. The van der Waals surface area contributed by atoms with Crippen LogP contribution in [0.1, 0.15) is 26.3 Å². The number of anilines is 1. The second kappa shape index (κ2) is 10.9. The molecule has 0 aliphatic carbocycles. The van der Waals surface area contributed by atoms with Crippen LogP contribution < -0.4 is 24.8 Å². The quantitative estimate of drug-likeness (QED) is 0.518. The minimum absolute atomic E-state index is 0.451. The van der Waals surface area contributed by atoms with Crippen LogP contribution >= 0.6 is 0 Å². The first-order valence-electron chi connectivity index (χ1n) is 9.14. The molecule has 0 spiro atoms. The Morgan fingerprint density at radius 2 is 1.89 bits per heavy atom. The lowest BCUT2D eigenvalue weighted by Gasteiger charge is -2.15. The number of nitrogens with one attached hydrogen (secondary N) is 2. The van der Waals surface area contributed by atoms with Crippen molar-refractivity contribution in [2.24, 2.45) is 4.99 Å². The van der Waals surface area contributed by atoms with E-state index in [-0.39, 0.29) is 0 Å². The Labute approximate surface area is 160 Å².